The van der Waals surface area contributed by atoms with Gasteiger partial charge in [-0.3, -0.25) is 14.4 Å². The predicted molar refractivity (Wildman–Crippen MR) is 155 cm³/mol. The van der Waals surface area contributed by atoms with Gasteiger partial charge >= 0.3 is 5.97 Å². The third-order valence-corrected chi connectivity index (χ3v) is 7.20. The number of carbonyl (C=O) groups is 3. The molecule has 2 aromatic carbocycles. The Kier molecular flexibility index (Phi) is 11.0. The number of aliphatic hydroxyl groups is 1. The van der Waals surface area contributed by atoms with Crippen LogP contribution >= 0.6 is 11.6 Å². The summed E-state index contributed by atoms with van der Waals surface area (Å²) in [5.41, 5.74) is 1.30. The van der Waals surface area contributed by atoms with Crippen LogP contribution < -0.4 is 9.64 Å². The number of likely N-dealkylation sites (tertiary alicyclic amines) is 1. The number of nitrogens with zero attached hydrogens (tertiary/aromatic N) is 2. The molecule has 8 nitrogen and oxygen atoms in total. The van der Waals surface area contributed by atoms with E-state index in [2.05, 4.69) is 0 Å². The molecule has 1 fully saturated rings. The van der Waals surface area contributed by atoms with Gasteiger partial charge in [-0.15, -0.1) is 0 Å². The van der Waals surface area contributed by atoms with Crippen LogP contribution in [-0.2, 0) is 19.1 Å². The van der Waals surface area contributed by atoms with Crippen LogP contribution in [-0.4, -0.2) is 61.1 Å². The van der Waals surface area contributed by atoms with E-state index in [0.29, 0.717) is 66.7 Å². The maximum Gasteiger partial charge on any atom is 0.309 e. The quantitative estimate of drug-likeness (QED) is 0.383. The van der Waals surface area contributed by atoms with Crippen LogP contribution in [0.15, 0.2) is 42.5 Å². The molecule has 0 saturated carbocycles. The molecular formula is C31H41ClN2O6. The number of para-hydroxylation sites is 1. The van der Waals surface area contributed by atoms with Gasteiger partial charge in [0.2, 0.25) is 11.8 Å². The minimum atomic E-state index is -1.09. The van der Waals surface area contributed by atoms with Crippen molar-refractivity contribution in [3.8, 4) is 5.75 Å². The van der Waals surface area contributed by atoms with Gasteiger partial charge in [-0.1, -0.05) is 50.6 Å². The van der Waals surface area contributed by atoms with Crippen LogP contribution in [0.1, 0.15) is 70.6 Å². The van der Waals surface area contributed by atoms with E-state index in [0.717, 1.165) is 0 Å². The molecule has 9 heteroatoms. The van der Waals surface area contributed by atoms with Gasteiger partial charge in [0.05, 0.1) is 19.6 Å². The van der Waals surface area contributed by atoms with E-state index < -0.39 is 6.10 Å². The molecule has 1 aliphatic heterocycles. The highest BCUT2D eigenvalue weighted by Gasteiger charge is 2.31. The van der Waals surface area contributed by atoms with E-state index in [1.807, 2.05) is 32.9 Å². The minimum absolute atomic E-state index is 0.0134. The van der Waals surface area contributed by atoms with Gasteiger partial charge in [0.15, 0.2) is 0 Å². The molecule has 1 saturated heterocycles. The Balaban J connectivity index is 1.80. The van der Waals surface area contributed by atoms with Crippen molar-refractivity contribution in [2.24, 2.45) is 11.3 Å². The van der Waals surface area contributed by atoms with Gasteiger partial charge in [0.25, 0.3) is 0 Å². The van der Waals surface area contributed by atoms with Gasteiger partial charge in [-0.2, -0.15) is 0 Å². The molecule has 1 aliphatic rings. The number of amides is 2. The summed E-state index contributed by atoms with van der Waals surface area (Å²) in [6, 6.07) is 12.3. The van der Waals surface area contributed by atoms with E-state index in [1.54, 1.807) is 47.1 Å². The first-order valence-corrected chi connectivity index (χ1v) is 14.2. The van der Waals surface area contributed by atoms with Crippen molar-refractivity contribution in [1.82, 2.24) is 4.90 Å². The maximum absolute atomic E-state index is 13.7. The molecule has 0 aliphatic carbocycles. The van der Waals surface area contributed by atoms with E-state index in [9.17, 15) is 19.5 Å². The summed E-state index contributed by atoms with van der Waals surface area (Å²) in [6.45, 7) is 9.51. The van der Waals surface area contributed by atoms with Crippen molar-refractivity contribution >= 4 is 35.1 Å². The van der Waals surface area contributed by atoms with Crippen LogP contribution in [0.25, 0.3) is 0 Å². The molecule has 40 heavy (non-hydrogen) atoms. The Morgan fingerprint density at radius 1 is 1.07 bits per heavy atom. The zero-order valence-corrected chi connectivity index (χ0v) is 24.9. The van der Waals surface area contributed by atoms with Crippen molar-refractivity contribution in [2.75, 3.05) is 38.3 Å². The number of rotatable bonds is 10. The molecule has 0 aromatic heterocycles. The number of carbonyl (C=O) groups excluding carboxylic acids is 3. The monoisotopic (exact) mass is 572 g/mol. The van der Waals surface area contributed by atoms with Crippen molar-refractivity contribution in [3.05, 3.63) is 58.6 Å². The van der Waals surface area contributed by atoms with Gasteiger partial charge in [0.1, 0.15) is 11.9 Å². The topological polar surface area (TPSA) is 96.4 Å². The van der Waals surface area contributed by atoms with Gasteiger partial charge in [0, 0.05) is 54.3 Å². The lowest BCUT2D eigenvalue weighted by atomic mass is 9.93. The number of esters is 1. The fraction of sp³-hybridized carbons (Fsp3) is 0.516. The van der Waals surface area contributed by atoms with E-state index in [1.165, 1.54) is 7.11 Å². The van der Waals surface area contributed by atoms with Crippen molar-refractivity contribution in [2.45, 2.75) is 59.5 Å². The number of hydrogen-bond donors (Lipinski definition) is 1. The number of benzene rings is 2. The number of piperidine rings is 1. The number of hydrogen-bond acceptors (Lipinski definition) is 6. The third-order valence-electron chi connectivity index (χ3n) is 6.96. The normalized spacial score (nSPS) is 14.9. The lowest BCUT2D eigenvalue weighted by Crippen LogP contribution is -2.42. The molecule has 1 heterocycles. The summed E-state index contributed by atoms with van der Waals surface area (Å²) in [5, 5.41) is 11.9. The molecule has 2 amide bonds. The molecule has 2 aromatic rings. The first-order chi connectivity index (χ1) is 18.9. The number of halogens is 1. The Hall–Kier alpha value is -3.10. The Bertz CT molecular complexity index is 1190. The average Bonchev–Trinajstić information content (AvgIpc) is 2.93. The third kappa shape index (κ3) is 8.21. The molecule has 1 N–H and O–H groups in total. The van der Waals surface area contributed by atoms with Crippen molar-refractivity contribution in [3.63, 3.8) is 0 Å². The Morgan fingerprint density at radius 3 is 2.38 bits per heavy atom. The lowest BCUT2D eigenvalue weighted by molar-refractivity contribution is -0.151. The summed E-state index contributed by atoms with van der Waals surface area (Å²) in [7, 11) is 1.54. The number of ether oxygens (including phenoxy) is 2. The maximum atomic E-state index is 13.7. The average molecular weight is 573 g/mol. The fourth-order valence-electron chi connectivity index (χ4n) is 4.96. The fourth-order valence-corrected chi connectivity index (χ4v) is 5.14. The standard InChI is InChI=1S/C31H41ClN2O6/c1-6-40-30(38)21-15-17-33(18-16-21)27(35)13-14-28(36)34(20-31(2,3)4)25-12-11-22(32)19-24(25)29(37)23-9-7-8-10-26(23)39-5/h7-12,19,21,29,37H,6,13-18,20H2,1-5H3. The first kappa shape index (κ1) is 31.4. The largest absolute Gasteiger partial charge is 0.496 e. The summed E-state index contributed by atoms with van der Waals surface area (Å²) in [6.07, 6.45) is 0.0939. The summed E-state index contributed by atoms with van der Waals surface area (Å²) in [4.78, 5) is 42.1. The number of methoxy groups -OCH3 is 1. The zero-order valence-electron chi connectivity index (χ0n) is 24.1. The van der Waals surface area contributed by atoms with Crippen LogP contribution in [0.2, 0.25) is 5.02 Å². The summed E-state index contributed by atoms with van der Waals surface area (Å²) >= 11 is 6.35. The zero-order chi connectivity index (χ0) is 29.4. The highest BCUT2D eigenvalue weighted by Crippen LogP contribution is 2.38. The smallest absolute Gasteiger partial charge is 0.309 e. The molecular weight excluding hydrogens is 532 g/mol. The van der Waals surface area contributed by atoms with Crippen molar-refractivity contribution in [1.29, 1.82) is 0 Å². The Morgan fingerprint density at radius 2 is 1.75 bits per heavy atom. The first-order valence-electron chi connectivity index (χ1n) is 13.8. The van der Waals surface area contributed by atoms with Gasteiger partial charge in [-0.05, 0) is 49.4 Å². The van der Waals surface area contributed by atoms with Gasteiger partial charge < -0.3 is 24.4 Å². The van der Waals surface area contributed by atoms with Crippen LogP contribution in [0.3, 0.4) is 0 Å². The van der Waals surface area contributed by atoms with Crippen LogP contribution in [0, 0.1) is 11.3 Å². The molecule has 0 spiro atoms. The second-order valence-corrected chi connectivity index (χ2v) is 11.7. The summed E-state index contributed by atoms with van der Waals surface area (Å²) in [5.74, 6) is -0.216. The number of anilines is 1. The molecule has 1 atom stereocenters. The summed E-state index contributed by atoms with van der Waals surface area (Å²) < 4.78 is 10.6. The molecule has 218 valence electrons. The predicted octanol–water partition coefficient (Wildman–Crippen LogP) is 5.39. The second kappa shape index (κ2) is 14.0. The SMILES string of the molecule is CCOC(=O)C1CCN(C(=O)CCC(=O)N(CC(C)(C)C)c2ccc(Cl)cc2C(O)c2ccccc2OC)CC1. The second-order valence-electron chi connectivity index (χ2n) is 11.3. The van der Waals surface area contributed by atoms with E-state index in [4.69, 9.17) is 21.1 Å². The highest BCUT2D eigenvalue weighted by atomic mass is 35.5. The molecule has 1 unspecified atom stereocenters. The van der Waals surface area contributed by atoms with E-state index >= 15 is 0 Å². The molecule has 0 bridgehead atoms. The van der Waals surface area contributed by atoms with E-state index in [-0.39, 0.29) is 42.0 Å². The molecule has 0 radical (unpaired) electrons. The van der Waals surface area contributed by atoms with Crippen molar-refractivity contribution < 1.29 is 29.0 Å². The Labute approximate surface area is 242 Å². The molecule has 3 rings (SSSR count). The number of aliphatic hydroxyl groups excluding tert-OH is 1. The highest BCUT2D eigenvalue weighted by molar-refractivity contribution is 6.30. The minimum Gasteiger partial charge on any atom is -0.496 e. The lowest BCUT2D eigenvalue weighted by Gasteiger charge is -2.33. The van der Waals surface area contributed by atoms with Crippen LogP contribution in [0.4, 0.5) is 5.69 Å². The van der Waals surface area contributed by atoms with Crippen LogP contribution in [0.5, 0.6) is 5.75 Å². The van der Waals surface area contributed by atoms with Gasteiger partial charge in [-0.25, -0.2) is 0 Å².